The van der Waals surface area contributed by atoms with E-state index in [0.717, 1.165) is 21.9 Å². The zero-order chi connectivity index (χ0) is 14.7. The summed E-state index contributed by atoms with van der Waals surface area (Å²) in [5, 5.41) is 12.3. The van der Waals surface area contributed by atoms with Gasteiger partial charge < -0.3 is 14.8 Å². The molecule has 0 spiro atoms. The van der Waals surface area contributed by atoms with E-state index < -0.39 is 0 Å². The molecule has 0 bridgehead atoms. The predicted molar refractivity (Wildman–Crippen MR) is 84.5 cm³/mol. The summed E-state index contributed by atoms with van der Waals surface area (Å²) in [6.07, 6.45) is 1.77. The number of hydrogen-bond acceptors (Lipinski definition) is 5. The van der Waals surface area contributed by atoms with E-state index in [1.54, 1.807) is 12.3 Å². The highest BCUT2D eigenvalue weighted by molar-refractivity contribution is 7.15. The van der Waals surface area contributed by atoms with Gasteiger partial charge >= 0.3 is 0 Å². The van der Waals surface area contributed by atoms with Crippen molar-refractivity contribution in [1.29, 1.82) is 0 Å². The lowest BCUT2D eigenvalue weighted by atomic mass is 10.1. The molecule has 0 aliphatic rings. The molecule has 21 heavy (non-hydrogen) atoms. The number of furan rings is 1. The summed E-state index contributed by atoms with van der Waals surface area (Å²) < 4.78 is 6.05. The van der Waals surface area contributed by atoms with E-state index in [2.05, 4.69) is 10.3 Å². The molecule has 0 unspecified atom stereocenters. The molecule has 1 aromatic carbocycles. The summed E-state index contributed by atoms with van der Waals surface area (Å²) in [5.74, 6) is 1.31. The Morgan fingerprint density at radius 3 is 2.62 bits per heavy atom. The van der Waals surface area contributed by atoms with Crippen LogP contribution in [0, 0.1) is 0 Å². The maximum Gasteiger partial charge on any atom is 0.183 e. The van der Waals surface area contributed by atoms with Gasteiger partial charge in [0.25, 0.3) is 0 Å². The number of thiazole rings is 1. The van der Waals surface area contributed by atoms with E-state index in [4.69, 9.17) is 21.1 Å². The van der Waals surface area contributed by atoms with Gasteiger partial charge in [0.2, 0.25) is 0 Å². The van der Waals surface area contributed by atoms with Crippen molar-refractivity contribution >= 4 is 28.6 Å². The average molecular weight is 321 g/mol. The molecular weight excluding hydrogens is 308 g/mol. The summed E-state index contributed by atoms with van der Waals surface area (Å²) in [7, 11) is 0. The number of hydrogen-bond donors (Lipinski definition) is 2. The minimum atomic E-state index is -0.0863. The van der Waals surface area contributed by atoms with Crippen molar-refractivity contribution in [2.45, 2.75) is 13.2 Å². The molecule has 0 saturated carbocycles. The van der Waals surface area contributed by atoms with Crippen LogP contribution in [0.25, 0.3) is 11.3 Å². The van der Waals surface area contributed by atoms with Crippen molar-refractivity contribution in [2.75, 3.05) is 5.32 Å². The summed E-state index contributed by atoms with van der Waals surface area (Å²) in [5.41, 5.74) is 1.98. The monoisotopic (exact) mass is 320 g/mol. The average Bonchev–Trinajstić information content (AvgIpc) is 3.14. The van der Waals surface area contributed by atoms with E-state index >= 15 is 0 Å². The first-order valence-corrected chi connectivity index (χ1v) is 7.58. The molecule has 0 radical (unpaired) electrons. The number of nitrogens with one attached hydrogen (secondary N) is 1. The number of benzene rings is 1. The van der Waals surface area contributed by atoms with Crippen LogP contribution >= 0.6 is 22.9 Å². The molecule has 6 heteroatoms. The van der Waals surface area contributed by atoms with Crippen LogP contribution in [0.5, 0.6) is 0 Å². The van der Waals surface area contributed by atoms with Crippen LogP contribution in [0.1, 0.15) is 10.6 Å². The highest BCUT2D eigenvalue weighted by atomic mass is 35.5. The van der Waals surface area contributed by atoms with E-state index in [-0.39, 0.29) is 6.61 Å². The third-order valence-corrected chi connectivity index (χ3v) is 4.09. The van der Waals surface area contributed by atoms with Crippen LogP contribution in [0.2, 0.25) is 4.47 Å². The lowest BCUT2D eigenvalue weighted by Crippen LogP contribution is -1.96. The SMILES string of the molecule is OCc1ccc(-c2ccc(NCc3cnc(Cl)s3)cc2)o1. The van der Waals surface area contributed by atoms with Crippen molar-refractivity contribution in [3.05, 3.63) is 57.7 Å². The number of halogens is 1. The quantitative estimate of drug-likeness (QED) is 0.741. The summed E-state index contributed by atoms with van der Waals surface area (Å²) in [6.45, 7) is 0.607. The van der Waals surface area contributed by atoms with Crippen molar-refractivity contribution in [2.24, 2.45) is 0 Å². The van der Waals surface area contributed by atoms with Gasteiger partial charge in [0.05, 0.1) is 6.54 Å². The Kier molecular flexibility index (Phi) is 4.24. The zero-order valence-corrected chi connectivity index (χ0v) is 12.6. The Morgan fingerprint density at radius 2 is 2.00 bits per heavy atom. The molecule has 108 valence electrons. The third-order valence-electron chi connectivity index (χ3n) is 2.98. The molecule has 0 saturated heterocycles. The number of aromatic nitrogens is 1. The van der Waals surface area contributed by atoms with Crippen molar-refractivity contribution in [1.82, 2.24) is 4.98 Å². The second-order valence-corrected chi connectivity index (χ2v) is 6.13. The first kappa shape index (κ1) is 14.1. The van der Waals surface area contributed by atoms with Crippen molar-refractivity contribution < 1.29 is 9.52 Å². The van der Waals surface area contributed by atoms with Gasteiger partial charge in [-0.1, -0.05) is 11.6 Å². The molecule has 2 heterocycles. The van der Waals surface area contributed by atoms with Crippen LogP contribution < -0.4 is 5.32 Å². The maximum atomic E-state index is 9.00. The number of aliphatic hydroxyl groups is 1. The topological polar surface area (TPSA) is 58.3 Å². The molecule has 0 fully saturated rings. The van der Waals surface area contributed by atoms with E-state index in [9.17, 15) is 0 Å². The Bertz CT molecular complexity index is 721. The molecule has 0 atom stereocenters. The number of aliphatic hydroxyl groups excluding tert-OH is 1. The standard InChI is InChI=1S/C15H13ClN2O2S/c16-15-18-8-13(21-15)7-17-11-3-1-10(2-4-11)14-6-5-12(9-19)20-14/h1-6,8,17,19H,7,9H2. The van der Waals surface area contributed by atoms with Crippen LogP contribution in [-0.4, -0.2) is 10.1 Å². The van der Waals surface area contributed by atoms with E-state index in [1.807, 2.05) is 30.3 Å². The lowest BCUT2D eigenvalue weighted by molar-refractivity contribution is 0.248. The van der Waals surface area contributed by atoms with Crippen LogP contribution in [-0.2, 0) is 13.2 Å². The Balaban J connectivity index is 1.66. The second-order valence-electron chi connectivity index (χ2n) is 4.43. The van der Waals surface area contributed by atoms with Crippen LogP contribution in [0.15, 0.2) is 47.0 Å². The Morgan fingerprint density at radius 1 is 1.19 bits per heavy atom. The third kappa shape index (κ3) is 3.44. The summed E-state index contributed by atoms with van der Waals surface area (Å²) in [4.78, 5) is 5.09. The fourth-order valence-electron chi connectivity index (χ4n) is 1.92. The van der Waals surface area contributed by atoms with Gasteiger partial charge in [-0.05, 0) is 36.4 Å². The first-order valence-electron chi connectivity index (χ1n) is 6.38. The molecule has 0 aliphatic heterocycles. The summed E-state index contributed by atoms with van der Waals surface area (Å²) in [6, 6.07) is 11.5. The van der Waals surface area contributed by atoms with Crippen molar-refractivity contribution in [3.8, 4) is 11.3 Å². The molecule has 2 N–H and O–H groups in total. The Hall–Kier alpha value is -1.82. The zero-order valence-electron chi connectivity index (χ0n) is 11.0. The highest BCUT2D eigenvalue weighted by Gasteiger charge is 2.04. The molecule has 3 aromatic rings. The molecular formula is C15H13ClN2O2S. The number of rotatable bonds is 5. The maximum absolute atomic E-state index is 9.00. The van der Waals surface area contributed by atoms with Gasteiger partial charge in [0.1, 0.15) is 18.1 Å². The van der Waals surface area contributed by atoms with Gasteiger partial charge in [0.15, 0.2) is 4.47 Å². The van der Waals surface area contributed by atoms with Gasteiger partial charge in [-0.25, -0.2) is 4.98 Å². The largest absolute Gasteiger partial charge is 0.459 e. The predicted octanol–water partition coefficient (Wildman–Crippen LogP) is 4.16. The lowest BCUT2D eigenvalue weighted by Gasteiger charge is -2.05. The highest BCUT2D eigenvalue weighted by Crippen LogP contribution is 2.24. The van der Waals surface area contributed by atoms with Gasteiger partial charge in [-0.3, -0.25) is 0 Å². The molecule has 2 aromatic heterocycles. The number of anilines is 1. The molecule has 3 rings (SSSR count). The minimum Gasteiger partial charge on any atom is -0.459 e. The normalized spacial score (nSPS) is 10.8. The van der Waals surface area contributed by atoms with Crippen LogP contribution in [0.4, 0.5) is 5.69 Å². The van der Waals surface area contributed by atoms with Gasteiger partial charge in [0, 0.05) is 22.3 Å². The van der Waals surface area contributed by atoms with E-state index in [1.165, 1.54) is 11.3 Å². The van der Waals surface area contributed by atoms with Gasteiger partial charge in [-0.15, -0.1) is 11.3 Å². The van der Waals surface area contributed by atoms with E-state index in [0.29, 0.717) is 16.8 Å². The molecule has 4 nitrogen and oxygen atoms in total. The second kappa shape index (κ2) is 6.30. The number of nitrogens with zero attached hydrogens (tertiary/aromatic N) is 1. The fraction of sp³-hybridized carbons (Fsp3) is 0.133. The van der Waals surface area contributed by atoms with Crippen LogP contribution in [0.3, 0.4) is 0 Å². The van der Waals surface area contributed by atoms with Crippen molar-refractivity contribution in [3.63, 3.8) is 0 Å². The molecule has 0 amide bonds. The fourth-order valence-corrected chi connectivity index (χ4v) is 2.84. The Labute approximate surface area is 131 Å². The summed E-state index contributed by atoms with van der Waals surface area (Å²) >= 11 is 7.26. The first-order chi connectivity index (χ1) is 10.2. The minimum absolute atomic E-state index is 0.0863. The molecule has 0 aliphatic carbocycles. The van der Waals surface area contributed by atoms with Gasteiger partial charge in [-0.2, -0.15) is 0 Å². The smallest absolute Gasteiger partial charge is 0.183 e.